The van der Waals surface area contributed by atoms with Crippen LogP contribution in [0.3, 0.4) is 0 Å². The number of alkyl halides is 6. The molecule has 0 bridgehead atoms. The van der Waals surface area contributed by atoms with E-state index in [1.165, 1.54) is 23.8 Å². The Morgan fingerprint density at radius 2 is 1.63 bits per heavy atom. The Labute approximate surface area is 237 Å². The largest absolute Gasteiger partial charge is 0.496 e. The van der Waals surface area contributed by atoms with Gasteiger partial charge >= 0.3 is 24.5 Å². The Balaban J connectivity index is 2.22. The first kappa shape index (κ1) is 32.2. The molecule has 0 spiro atoms. The Bertz CT molecular complexity index is 1240. The van der Waals surface area contributed by atoms with Crippen LogP contribution in [0.4, 0.5) is 41.6 Å². The number of methoxy groups -OCH3 is 2. The molecule has 2 aromatic carbocycles. The predicted octanol–water partition coefficient (Wildman–Crippen LogP) is 7.66. The SMILES string of the molecule is CCOC(=O)N1c2cc(OC)c(CSC)cc2C(N(Cc2cc(C(F)(F)F)cc(C(F)(F)F)c2)C(=O)OC)CC1C. The van der Waals surface area contributed by atoms with Crippen LogP contribution >= 0.6 is 11.8 Å². The van der Waals surface area contributed by atoms with Crippen molar-refractivity contribution < 1.29 is 50.1 Å². The molecule has 1 aliphatic heterocycles. The lowest BCUT2D eigenvalue weighted by Crippen LogP contribution is -2.47. The Hall–Kier alpha value is -3.29. The maximum absolute atomic E-state index is 13.5. The number of amides is 2. The molecule has 7 nitrogen and oxygen atoms in total. The zero-order chi connectivity index (χ0) is 30.7. The third kappa shape index (κ3) is 7.14. The van der Waals surface area contributed by atoms with Gasteiger partial charge in [0.15, 0.2) is 0 Å². The fourth-order valence-electron chi connectivity index (χ4n) is 4.85. The second kappa shape index (κ2) is 12.7. The number of thioether (sulfide) groups is 1. The zero-order valence-electron chi connectivity index (χ0n) is 23.0. The molecule has 3 rings (SSSR count). The van der Waals surface area contributed by atoms with E-state index < -0.39 is 59.9 Å². The molecule has 0 saturated carbocycles. The molecule has 226 valence electrons. The number of benzene rings is 2. The topological polar surface area (TPSA) is 68.3 Å². The molecule has 0 saturated heterocycles. The van der Waals surface area contributed by atoms with Crippen LogP contribution in [0.5, 0.6) is 5.75 Å². The molecule has 1 heterocycles. The van der Waals surface area contributed by atoms with Gasteiger partial charge in [-0.3, -0.25) is 9.80 Å². The Morgan fingerprint density at radius 3 is 2.12 bits per heavy atom. The first-order chi connectivity index (χ1) is 19.2. The van der Waals surface area contributed by atoms with Crippen molar-refractivity contribution in [1.82, 2.24) is 4.90 Å². The summed E-state index contributed by atoms with van der Waals surface area (Å²) < 4.78 is 96.9. The van der Waals surface area contributed by atoms with Crippen LogP contribution in [-0.4, -0.2) is 50.2 Å². The van der Waals surface area contributed by atoms with Gasteiger partial charge in [0.1, 0.15) is 5.75 Å². The van der Waals surface area contributed by atoms with Crippen LogP contribution in [0, 0.1) is 0 Å². The smallest absolute Gasteiger partial charge is 0.416 e. The van der Waals surface area contributed by atoms with Crippen LogP contribution in [-0.2, 0) is 34.1 Å². The van der Waals surface area contributed by atoms with Crippen molar-refractivity contribution in [2.24, 2.45) is 0 Å². The maximum Gasteiger partial charge on any atom is 0.416 e. The average Bonchev–Trinajstić information content (AvgIpc) is 2.89. The molecule has 0 aliphatic carbocycles. The summed E-state index contributed by atoms with van der Waals surface area (Å²) in [4.78, 5) is 28.5. The van der Waals surface area contributed by atoms with E-state index in [4.69, 9.17) is 14.2 Å². The first-order valence-electron chi connectivity index (χ1n) is 12.4. The molecule has 41 heavy (non-hydrogen) atoms. The molecule has 2 atom stereocenters. The van der Waals surface area contributed by atoms with Crippen molar-refractivity contribution in [3.8, 4) is 5.75 Å². The van der Waals surface area contributed by atoms with Crippen LogP contribution < -0.4 is 9.64 Å². The summed E-state index contributed by atoms with van der Waals surface area (Å²) in [5.74, 6) is 0.941. The summed E-state index contributed by atoms with van der Waals surface area (Å²) in [6.07, 6.45) is -9.78. The van der Waals surface area contributed by atoms with Gasteiger partial charge in [0.25, 0.3) is 0 Å². The molecule has 2 amide bonds. The van der Waals surface area contributed by atoms with E-state index in [9.17, 15) is 35.9 Å². The van der Waals surface area contributed by atoms with E-state index in [-0.39, 0.29) is 19.1 Å². The van der Waals surface area contributed by atoms with Gasteiger partial charge in [-0.15, -0.1) is 0 Å². The highest BCUT2D eigenvalue weighted by molar-refractivity contribution is 7.97. The van der Waals surface area contributed by atoms with Crippen molar-refractivity contribution >= 4 is 29.6 Å². The second-order valence-electron chi connectivity index (χ2n) is 9.34. The Kier molecular flexibility index (Phi) is 9.98. The molecule has 0 aromatic heterocycles. The van der Waals surface area contributed by atoms with Crippen LogP contribution in [0.15, 0.2) is 30.3 Å². The summed E-state index contributed by atoms with van der Waals surface area (Å²) in [5.41, 5.74) is -1.89. The minimum atomic E-state index is -5.05. The van der Waals surface area contributed by atoms with Gasteiger partial charge in [-0.25, -0.2) is 9.59 Å². The predicted molar refractivity (Wildman–Crippen MR) is 141 cm³/mol. The van der Waals surface area contributed by atoms with E-state index in [2.05, 4.69) is 0 Å². The summed E-state index contributed by atoms with van der Waals surface area (Å²) >= 11 is 1.48. The highest BCUT2D eigenvalue weighted by Crippen LogP contribution is 2.45. The van der Waals surface area contributed by atoms with E-state index >= 15 is 0 Å². The summed E-state index contributed by atoms with van der Waals surface area (Å²) in [5, 5.41) is 0. The maximum atomic E-state index is 13.5. The summed E-state index contributed by atoms with van der Waals surface area (Å²) in [7, 11) is 2.52. The van der Waals surface area contributed by atoms with Crippen molar-refractivity contribution in [3.05, 3.63) is 58.1 Å². The molecule has 0 radical (unpaired) electrons. The minimum absolute atomic E-state index is 0.0299. The number of fused-ring (bicyclic) bond motifs is 1. The second-order valence-corrected chi connectivity index (χ2v) is 10.2. The average molecular weight is 609 g/mol. The number of hydrogen-bond donors (Lipinski definition) is 0. The highest BCUT2D eigenvalue weighted by atomic mass is 32.2. The Morgan fingerprint density at radius 1 is 1.02 bits per heavy atom. The van der Waals surface area contributed by atoms with Crippen molar-refractivity contribution in [3.63, 3.8) is 0 Å². The van der Waals surface area contributed by atoms with Crippen molar-refractivity contribution in [1.29, 1.82) is 0 Å². The molecule has 2 unspecified atom stereocenters. The van der Waals surface area contributed by atoms with Crippen LogP contribution in [0.25, 0.3) is 0 Å². The number of nitrogens with zero attached hydrogens (tertiary/aromatic N) is 2. The highest BCUT2D eigenvalue weighted by Gasteiger charge is 2.41. The quantitative estimate of drug-likeness (QED) is 0.301. The van der Waals surface area contributed by atoms with Gasteiger partial charge in [0.05, 0.1) is 43.7 Å². The molecule has 0 N–H and O–H groups in total. The van der Waals surface area contributed by atoms with Gasteiger partial charge in [-0.1, -0.05) is 0 Å². The number of hydrogen-bond acceptors (Lipinski definition) is 6. The monoisotopic (exact) mass is 608 g/mol. The van der Waals surface area contributed by atoms with E-state index in [0.717, 1.165) is 12.0 Å². The number of carbonyl (C=O) groups is 2. The normalized spacial score (nSPS) is 17.1. The fraction of sp³-hybridized carbons (Fsp3) is 0.481. The van der Waals surface area contributed by atoms with Gasteiger partial charge in [0.2, 0.25) is 0 Å². The standard InChI is InChI=1S/C27H30F6N2O5S/c1-6-40-25(37)35-15(2)7-21(20-10-17(14-41-5)23(38-3)12-22(20)35)34(24(36)39-4)13-16-8-18(26(28,29)30)11-19(9-16)27(31,32)33/h8-12,15,21H,6-7,13-14H2,1-5H3. The van der Waals surface area contributed by atoms with Gasteiger partial charge in [-0.05, 0) is 61.9 Å². The fourth-order valence-corrected chi connectivity index (χ4v) is 5.39. The van der Waals surface area contributed by atoms with E-state index in [1.807, 2.05) is 6.26 Å². The van der Waals surface area contributed by atoms with E-state index in [1.54, 1.807) is 26.0 Å². The number of anilines is 1. The summed E-state index contributed by atoms with van der Waals surface area (Å²) in [6.45, 7) is 2.80. The minimum Gasteiger partial charge on any atom is -0.496 e. The summed E-state index contributed by atoms with van der Waals surface area (Å²) in [6, 6.07) is 3.06. The van der Waals surface area contributed by atoms with Crippen molar-refractivity contribution in [2.45, 2.75) is 57.0 Å². The van der Waals surface area contributed by atoms with Gasteiger partial charge < -0.3 is 14.2 Å². The number of ether oxygens (including phenoxy) is 3. The zero-order valence-corrected chi connectivity index (χ0v) is 23.8. The lowest BCUT2D eigenvalue weighted by Gasteiger charge is -2.43. The number of rotatable bonds is 7. The third-order valence-electron chi connectivity index (χ3n) is 6.60. The van der Waals surface area contributed by atoms with E-state index in [0.29, 0.717) is 40.4 Å². The molecule has 1 aliphatic rings. The first-order valence-corrected chi connectivity index (χ1v) is 13.8. The van der Waals surface area contributed by atoms with Crippen LogP contribution in [0.2, 0.25) is 0 Å². The number of carbonyl (C=O) groups excluding carboxylic acids is 2. The van der Waals surface area contributed by atoms with Crippen molar-refractivity contribution in [2.75, 3.05) is 32.0 Å². The molecular weight excluding hydrogens is 578 g/mol. The van der Waals surface area contributed by atoms with Crippen LogP contribution in [0.1, 0.15) is 54.1 Å². The lowest BCUT2D eigenvalue weighted by atomic mass is 9.89. The van der Waals surface area contributed by atoms with Gasteiger partial charge in [-0.2, -0.15) is 38.1 Å². The molecule has 2 aromatic rings. The number of halogens is 6. The lowest BCUT2D eigenvalue weighted by molar-refractivity contribution is -0.143. The molecule has 14 heteroatoms. The molecular formula is C27H30F6N2O5S. The van der Waals surface area contributed by atoms with Gasteiger partial charge in [0, 0.05) is 30.0 Å². The molecule has 0 fully saturated rings. The third-order valence-corrected chi connectivity index (χ3v) is 7.20.